The number of aromatic nitrogens is 2. The molecule has 0 amide bonds. The maximum atomic E-state index is 4.52. The van der Waals surface area contributed by atoms with E-state index in [4.69, 9.17) is 0 Å². The smallest absolute Gasteiger partial charge is 0.229 e. The van der Waals surface area contributed by atoms with E-state index in [2.05, 4.69) is 56.4 Å². The number of halogens is 1. The van der Waals surface area contributed by atoms with Crippen molar-refractivity contribution in [1.82, 2.24) is 9.97 Å². The number of hydrogen-bond donors (Lipinski definition) is 2. The molecule has 0 aliphatic carbocycles. The third-order valence-corrected chi connectivity index (χ3v) is 4.10. The van der Waals surface area contributed by atoms with Gasteiger partial charge in [0, 0.05) is 22.0 Å². The number of hydrogen-bond acceptors (Lipinski definition) is 4. The summed E-state index contributed by atoms with van der Waals surface area (Å²) >= 11 is 3.46. The van der Waals surface area contributed by atoms with Gasteiger partial charge in [-0.3, -0.25) is 0 Å². The van der Waals surface area contributed by atoms with Gasteiger partial charge in [-0.2, -0.15) is 4.98 Å². The van der Waals surface area contributed by atoms with E-state index < -0.39 is 0 Å². The summed E-state index contributed by atoms with van der Waals surface area (Å²) in [5.74, 6) is 1.31. The highest BCUT2D eigenvalue weighted by Gasteiger charge is 2.04. The molecule has 0 saturated carbocycles. The molecule has 3 rings (SSSR count). The Bertz CT molecular complexity index is 833. The van der Waals surface area contributed by atoms with Crippen molar-refractivity contribution in [2.24, 2.45) is 0 Å². The zero-order valence-electron chi connectivity index (χ0n) is 13.0. The van der Waals surface area contributed by atoms with Gasteiger partial charge >= 0.3 is 0 Å². The van der Waals surface area contributed by atoms with Crippen LogP contribution in [0.5, 0.6) is 0 Å². The van der Waals surface area contributed by atoms with Crippen molar-refractivity contribution in [3.05, 3.63) is 70.3 Å². The van der Waals surface area contributed by atoms with E-state index in [1.54, 1.807) is 6.20 Å². The molecule has 0 unspecified atom stereocenters. The lowest BCUT2D eigenvalue weighted by molar-refractivity contribution is 1.16. The fourth-order valence-corrected chi connectivity index (χ4v) is 2.61. The molecule has 0 fully saturated rings. The van der Waals surface area contributed by atoms with Crippen molar-refractivity contribution in [2.75, 3.05) is 10.6 Å². The third kappa shape index (κ3) is 3.87. The Morgan fingerprint density at radius 1 is 0.957 bits per heavy atom. The Hall–Kier alpha value is -2.40. The summed E-state index contributed by atoms with van der Waals surface area (Å²) in [5.41, 5.74) is 4.42. The highest BCUT2D eigenvalue weighted by atomic mass is 79.9. The van der Waals surface area contributed by atoms with E-state index in [1.165, 1.54) is 11.1 Å². The van der Waals surface area contributed by atoms with Crippen LogP contribution in [0.3, 0.4) is 0 Å². The van der Waals surface area contributed by atoms with Crippen LogP contribution in [-0.4, -0.2) is 9.97 Å². The van der Waals surface area contributed by atoms with Gasteiger partial charge in [0.25, 0.3) is 0 Å². The van der Waals surface area contributed by atoms with Gasteiger partial charge in [0.15, 0.2) is 0 Å². The molecule has 0 atom stereocenters. The average molecular weight is 369 g/mol. The topological polar surface area (TPSA) is 49.8 Å². The molecule has 5 heteroatoms. The van der Waals surface area contributed by atoms with E-state index in [1.807, 2.05) is 42.5 Å². The van der Waals surface area contributed by atoms with Crippen LogP contribution < -0.4 is 10.6 Å². The second kappa shape index (κ2) is 6.79. The van der Waals surface area contributed by atoms with Gasteiger partial charge < -0.3 is 10.6 Å². The maximum absolute atomic E-state index is 4.52. The molecule has 23 heavy (non-hydrogen) atoms. The van der Waals surface area contributed by atoms with Crippen molar-refractivity contribution in [3.63, 3.8) is 0 Å². The molecule has 1 aromatic heterocycles. The zero-order chi connectivity index (χ0) is 16.2. The number of anilines is 4. The Balaban J connectivity index is 1.81. The van der Waals surface area contributed by atoms with Crippen LogP contribution >= 0.6 is 15.9 Å². The average Bonchev–Trinajstić information content (AvgIpc) is 2.52. The summed E-state index contributed by atoms with van der Waals surface area (Å²) < 4.78 is 1.02. The van der Waals surface area contributed by atoms with Gasteiger partial charge in [-0.25, -0.2) is 4.98 Å². The lowest BCUT2D eigenvalue weighted by atomic mass is 10.1. The van der Waals surface area contributed by atoms with Crippen LogP contribution in [0.4, 0.5) is 23.1 Å². The van der Waals surface area contributed by atoms with Crippen LogP contribution in [0.15, 0.2) is 59.2 Å². The van der Waals surface area contributed by atoms with E-state index in [0.29, 0.717) is 5.95 Å². The highest BCUT2D eigenvalue weighted by molar-refractivity contribution is 9.10. The minimum atomic E-state index is 0.568. The van der Waals surface area contributed by atoms with Gasteiger partial charge in [-0.05, 0) is 55.3 Å². The van der Waals surface area contributed by atoms with Crippen molar-refractivity contribution >= 4 is 39.1 Å². The van der Waals surface area contributed by atoms with E-state index in [-0.39, 0.29) is 0 Å². The van der Waals surface area contributed by atoms with Gasteiger partial charge in [0.1, 0.15) is 5.82 Å². The molecular formula is C18H17BrN4. The Labute approximate surface area is 144 Å². The molecule has 0 bridgehead atoms. The molecule has 0 spiro atoms. The zero-order valence-corrected chi connectivity index (χ0v) is 14.6. The number of aryl methyl sites for hydroxylation is 1. The van der Waals surface area contributed by atoms with Crippen molar-refractivity contribution < 1.29 is 0 Å². The van der Waals surface area contributed by atoms with Crippen LogP contribution in [0.2, 0.25) is 0 Å². The summed E-state index contributed by atoms with van der Waals surface area (Å²) in [6.07, 6.45) is 1.74. The highest BCUT2D eigenvalue weighted by Crippen LogP contribution is 2.23. The Morgan fingerprint density at radius 2 is 1.78 bits per heavy atom. The molecular weight excluding hydrogens is 352 g/mol. The number of nitrogens with one attached hydrogen (secondary N) is 2. The fourth-order valence-electron chi connectivity index (χ4n) is 2.21. The van der Waals surface area contributed by atoms with E-state index >= 15 is 0 Å². The first-order chi connectivity index (χ1) is 11.1. The molecule has 2 aromatic carbocycles. The molecule has 0 radical (unpaired) electrons. The number of nitrogens with zero attached hydrogens (tertiary/aromatic N) is 2. The van der Waals surface area contributed by atoms with E-state index in [0.717, 1.165) is 21.7 Å². The second-order valence-corrected chi connectivity index (χ2v) is 6.19. The molecule has 116 valence electrons. The van der Waals surface area contributed by atoms with Crippen molar-refractivity contribution in [1.29, 1.82) is 0 Å². The minimum Gasteiger partial charge on any atom is -0.340 e. The summed E-state index contributed by atoms with van der Waals surface area (Å²) in [5, 5.41) is 6.55. The first-order valence-corrected chi connectivity index (χ1v) is 8.10. The van der Waals surface area contributed by atoms with Gasteiger partial charge in [0.2, 0.25) is 5.95 Å². The second-order valence-electron chi connectivity index (χ2n) is 5.27. The van der Waals surface area contributed by atoms with Gasteiger partial charge in [0.05, 0.1) is 0 Å². The standard InChI is InChI=1S/C18H17BrN4/c1-12-5-3-8-16(13(12)2)22-18-20-10-9-17(23-18)21-15-7-4-6-14(19)11-15/h3-11H,1-2H3,(H2,20,21,22,23). The molecule has 1 heterocycles. The van der Waals surface area contributed by atoms with Gasteiger partial charge in [-0.15, -0.1) is 0 Å². The summed E-state index contributed by atoms with van der Waals surface area (Å²) in [7, 11) is 0. The fraction of sp³-hybridized carbons (Fsp3) is 0.111. The molecule has 0 saturated heterocycles. The van der Waals surface area contributed by atoms with Crippen LogP contribution in [0.1, 0.15) is 11.1 Å². The van der Waals surface area contributed by atoms with E-state index in [9.17, 15) is 0 Å². The quantitative estimate of drug-likeness (QED) is 0.652. The van der Waals surface area contributed by atoms with Crippen molar-refractivity contribution in [2.45, 2.75) is 13.8 Å². The first-order valence-electron chi connectivity index (χ1n) is 7.31. The number of rotatable bonds is 4. The van der Waals surface area contributed by atoms with Crippen molar-refractivity contribution in [3.8, 4) is 0 Å². The molecule has 0 aliphatic rings. The maximum Gasteiger partial charge on any atom is 0.229 e. The predicted molar refractivity (Wildman–Crippen MR) is 98.7 cm³/mol. The molecule has 2 N–H and O–H groups in total. The van der Waals surface area contributed by atoms with Crippen LogP contribution in [0, 0.1) is 13.8 Å². The number of benzene rings is 2. The molecule has 3 aromatic rings. The normalized spacial score (nSPS) is 10.4. The van der Waals surface area contributed by atoms with Crippen LogP contribution in [-0.2, 0) is 0 Å². The Kier molecular flexibility index (Phi) is 4.57. The molecule has 4 nitrogen and oxygen atoms in total. The summed E-state index contributed by atoms with van der Waals surface area (Å²) in [4.78, 5) is 8.81. The first kappa shape index (κ1) is 15.5. The Morgan fingerprint density at radius 3 is 2.61 bits per heavy atom. The minimum absolute atomic E-state index is 0.568. The lowest BCUT2D eigenvalue weighted by Crippen LogP contribution is -2.01. The summed E-state index contributed by atoms with van der Waals surface area (Å²) in [6.45, 7) is 4.17. The SMILES string of the molecule is Cc1cccc(Nc2nccc(Nc3cccc(Br)c3)n2)c1C. The van der Waals surface area contributed by atoms with Gasteiger partial charge in [-0.1, -0.05) is 34.1 Å². The predicted octanol–water partition coefficient (Wildman–Crippen LogP) is 5.34. The lowest BCUT2D eigenvalue weighted by Gasteiger charge is -2.11. The largest absolute Gasteiger partial charge is 0.340 e. The van der Waals surface area contributed by atoms with Crippen LogP contribution in [0.25, 0.3) is 0 Å². The summed E-state index contributed by atoms with van der Waals surface area (Å²) in [6, 6.07) is 15.9. The molecule has 0 aliphatic heterocycles. The monoisotopic (exact) mass is 368 g/mol. The third-order valence-electron chi connectivity index (χ3n) is 3.60.